The second-order valence-corrected chi connectivity index (χ2v) is 11.1. The van der Waals surface area contributed by atoms with Gasteiger partial charge in [0.05, 0.1) is 6.10 Å². The third-order valence-electron chi connectivity index (χ3n) is 9.69. The molecular weight excluding hydrogens is 348 g/mol. The van der Waals surface area contributed by atoms with Crippen molar-refractivity contribution in [2.24, 2.45) is 34.0 Å². The number of hydrogen-bond donors (Lipinski definition) is 1. The predicted octanol–water partition coefficient (Wildman–Crippen LogP) is 5.43. The lowest BCUT2D eigenvalue weighted by atomic mass is 9.40. The van der Waals surface area contributed by atoms with E-state index < -0.39 is 0 Å². The van der Waals surface area contributed by atoms with Crippen molar-refractivity contribution in [2.45, 2.75) is 91.8 Å². The topological polar surface area (TPSA) is 46.5 Å². The Morgan fingerprint density at radius 3 is 2.54 bits per heavy atom. The van der Waals surface area contributed by atoms with E-state index in [1.54, 1.807) is 0 Å². The van der Waals surface area contributed by atoms with Crippen LogP contribution in [0.25, 0.3) is 0 Å². The summed E-state index contributed by atoms with van der Waals surface area (Å²) in [7, 11) is 0. The zero-order valence-electron chi connectivity index (χ0n) is 18.4. The van der Waals surface area contributed by atoms with Gasteiger partial charge in [-0.3, -0.25) is 0 Å². The van der Waals surface area contributed by atoms with Crippen LogP contribution in [0.4, 0.5) is 0 Å². The maximum absolute atomic E-state index is 12.7. The van der Waals surface area contributed by atoms with Gasteiger partial charge in [0.25, 0.3) is 0 Å². The molecule has 156 valence electrons. The van der Waals surface area contributed by atoms with Crippen molar-refractivity contribution in [1.29, 1.82) is 0 Å². The van der Waals surface area contributed by atoms with Crippen LogP contribution in [-0.2, 0) is 9.53 Å². The zero-order chi connectivity index (χ0) is 20.5. The highest BCUT2D eigenvalue weighted by atomic mass is 16.5. The highest BCUT2D eigenvalue weighted by Crippen LogP contribution is 2.72. The first-order valence-electron chi connectivity index (χ1n) is 11.3. The Bertz CT molecular complexity index is 719. The number of rotatable bonds is 2. The lowest BCUT2D eigenvalue weighted by Gasteiger charge is -2.65. The second kappa shape index (κ2) is 6.45. The van der Waals surface area contributed by atoms with Crippen LogP contribution in [0.2, 0.25) is 0 Å². The molecule has 28 heavy (non-hydrogen) atoms. The molecule has 0 heterocycles. The zero-order valence-corrected chi connectivity index (χ0v) is 18.4. The minimum absolute atomic E-state index is 0.0468. The Labute approximate surface area is 170 Å². The Morgan fingerprint density at radius 1 is 1.14 bits per heavy atom. The summed E-state index contributed by atoms with van der Waals surface area (Å²) in [5, 5.41) is 10.7. The van der Waals surface area contributed by atoms with Gasteiger partial charge in [0, 0.05) is 11.0 Å². The standard InChI is InChI=1S/C25H38O3/c1-7-15(2)22(27)28-21-16(3)17-8-9-19-24(6)12-11-20(26)23(4,5)18(24)10-13-25(19,21)14-17/h7,17-21,26H,3,8-14H2,1-2,4-6H3/b15-7+/t17-,18+,19-,20+,21-,24-,25+/m1/s1. The molecule has 7 atom stereocenters. The number of aliphatic hydroxyl groups excluding tert-OH is 1. The minimum Gasteiger partial charge on any atom is -0.454 e. The van der Waals surface area contributed by atoms with Crippen LogP contribution in [0, 0.1) is 34.0 Å². The van der Waals surface area contributed by atoms with Gasteiger partial charge in [0.2, 0.25) is 0 Å². The third kappa shape index (κ3) is 2.54. The van der Waals surface area contributed by atoms with Crippen LogP contribution < -0.4 is 0 Å². The van der Waals surface area contributed by atoms with E-state index in [0.29, 0.717) is 23.3 Å². The number of esters is 1. The summed E-state index contributed by atoms with van der Waals surface area (Å²) in [4.78, 5) is 12.7. The molecule has 0 aromatic heterocycles. The van der Waals surface area contributed by atoms with E-state index in [0.717, 1.165) is 37.7 Å². The van der Waals surface area contributed by atoms with Crippen LogP contribution in [0.1, 0.15) is 79.6 Å². The van der Waals surface area contributed by atoms with Gasteiger partial charge in [-0.25, -0.2) is 4.79 Å². The maximum atomic E-state index is 12.7. The van der Waals surface area contributed by atoms with E-state index in [1.165, 1.54) is 12.8 Å². The van der Waals surface area contributed by atoms with Crippen molar-refractivity contribution in [1.82, 2.24) is 0 Å². The van der Waals surface area contributed by atoms with Gasteiger partial charge in [0.15, 0.2) is 0 Å². The molecule has 1 spiro atoms. The van der Waals surface area contributed by atoms with Crippen LogP contribution in [0.15, 0.2) is 23.8 Å². The molecule has 4 saturated carbocycles. The van der Waals surface area contributed by atoms with E-state index in [2.05, 4.69) is 27.4 Å². The molecule has 4 aliphatic rings. The third-order valence-corrected chi connectivity index (χ3v) is 9.69. The Hall–Kier alpha value is -1.09. The number of hydrogen-bond acceptors (Lipinski definition) is 3. The molecule has 4 rings (SSSR count). The van der Waals surface area contributed by atoms with E-state index in [-0.39, 0.29) is 34.4 Å². The molecule has 0 amide bonds. The first kappa shape index (κ1) is 20.2. The summed E-state index contributed by atoms with van der Waals surface area (Å²) in [6.45, 7) is 15.2. The molecule has 3 heteroatoms. The van der Waals surface area contributed by atoms with Crippen molar-refractivity contribution >= 4 is 5.97 Å². The van der Waals surface area contributed by atoms with E-state index in [1.807, 2.05) is 19.9 Å². The molecule has 0 radical (unpaired) electrons. The lowest BCUT2D eigenvalue weighted by molar-refractivity contribution is -0.201. The first-order valence-corrected chi connectivity index (χ1v) is 11.3. The summed E-state index contributed by atoms with van der Waals surface area (Å²) in [5.41, 5.74) is 2.06. The Balaban J connectivity index is 1.72. The van der Waals surface area contributed by atoms with Crippen molar-refractivity contribution in [3.63, 3.8) is 0 Å². The van der Waals surface area contributed by atoms with E-state index >= 15 is 0 Å². The molecule has 0 unspecified atom stereocenters. The highest BCUT2D eigenvalue weighted by Gasteiger charge is 2.68. The Kier molecular flexibility index (Phi) is 4.65. The van der Waals surface area contributed by atoms with E-state index in [4.69, 9.17) is 4.74 Å². The molecular formula is C25H38O3. The quantitative estimate of drug-likeness (QED) is 0.391. The summed E-state index contributed by atoms with van der Waals surface area (Å²) >= 11 is 0. The van der Waals surface area contributed by atoms with Crippen LogP contribution in [0.3, 0.4) is 0 Å². The number of carbonyl (C=O) groups excluding carboxylic acids is 1. The first-order chi connectivity index (χ1) is 13.1. The molecule has 4 fully saturated rings. The van der Waals surface area contributed by atoms with Crippen molar-refractivity contribution in [3.8, 4) is 0 Å². The van der Waals surface area contributed by atoms with Gasteiger partial charge >= 0.3 is 5.97 Å². The fourth-order valence-corrected chi connectivity index (χ4v) is 8.06. The van der Waals surface area contributed by atoms with Crippen molar-refractivity contribution in [2.75, 3.05) is 0 Å². The number of fused-ring (bicyclic) bond motifs is 3. The maximum Gasteiger partial charge on any atom is 0.333 e. The molecule has 2 bridgehead atoms. The van der Waals surface area contributed by atoms with Gasteiger partial charge in [0.1, 0.15) is 6.10 Å². The molecule has 4 aliphatic carbocycles. The van der Waals surface area contributed by atoms with Gasteiger partial charge in [-0.05, 0) is 93.0 Å². The fourth-order valence-electron chi connectivity index (χ4n) is 8.06. The molecule has 0 aliphatic heterocycles. The lowest BCUT2D eigenvalue weighted by Crippen LogP contribution is -2.61. The second-order valence-electron chi connectivity index (χ2n) is 11.1. The molecule has 3 nitrogen and oxygen atoms in total. The van der Waals surface area contributed by atoms with Crippen molar-refractivity contribution < 1.29 is 14.6 Å². The van der Waals surface area contributed by atoms with Gasteiger partial charge in [-0.2, -0.15) is 0 Å². The van der Waals surface area contributed by atoms with Gasteiger partial charge < -0.3 is 9.84 Å². The molecule has 0 aromatic rings. The number of aliphatic hydroxyl groups is 1. The summed E-state index contributed by atoms with van der Waals surface area (Å²) in [5.74, 6) is 1.39. The minimum atomic E-state index is -0.208. The normalized spacial score (nSPS) is 47.3. The average Bonchev–Trinajstić information content (AvgIpc) is 2.84. The summed E-state index contributed by atoms with van der Waals surface area (Å²) in [6, 6.07) is 0. The fraction of sp³-hybridized carbons (Fsp3) is 0.800. The molecule has 1 N–H and O–H groups in total. The van der Waals surface area contributed by atoms with Gasteiger partial charge in [-0.1, -0.05) is 33.4 Å². The van der Waals surface area contributed by atoms with Crippen LogP contribution in [0.5, 0.6) is 0 Å². The summed E-state index contributed by atoms with van der Waals surface area (Å²) < 4.78 is 6.19. The highest BCUT2D eigenvalue weighted by molar-refractivity contribution is 5.88. The molecule has 0 aromatic carbocycles. The predicted molar refractivity (Wildman–Crippen MR) is 112 cm³/mol. The van der Waals surface area contributed by atoms with Crippen LogP contribution >= 0.6 is 0 Å². The van der Waals surface area contributed by atoms with E-state index in [9.17, 15) is 9.90 Å². The summed E-state index contributed by atoms with van der Waals surface area (Å²) in [6.07, 6.45) is 9.19. The number of allylic oxidation sites excluding steroid dienone is 1. The number of ether oxygens (including phenoxy) is 1. The van der Waals surface area contributed by atoms with Crippen molar-refractivity contribution in [3.05, 3.63) is 23.8 Å². The molecule has 0 saturated heterocycles. The monoisotopic (exact) mass is 386 g/mol. The van der Waals surface area contributed by atoms with Gasteiger partial charge in [-0.15, -0.1) is 0 Å². The SMILES string of the molecule is C=C1[C@@H]2CC[C@@H]3[C@]4(C)CC[C@H](O)C(C)(C)[C@@H]4CC[C@@]3(C2)[C@@H]1OC(=O)/C(C)=C/C. The smallest absolute Gasteiger partial charge is 0.333 e. The number of carbonyl (C=O) groups is 1. The van der Waals surface area contributed by atoms with Crippen LogP contribution in [-0.4, -0.2) is 23.3 Å². The average molecular weight is 387 g/mol. The largest absolute Gasteiger partial charge is 0.454 e. The Morgan fingerprint density at radius 2 is 1.86 bits per heavy atom.